The van der Waals surface area contributed by atoms with Crippen LogP contribution in [-0.4, -0.2) is 17.5 Å². The Morgan fingerprint density at radius 1 is 1.29 bits per heavy atom. The van der Waals surface area contributed by atoms with Crippen LogP contribution in [0.3, 0.4) is 0 Å². The highest BCUT2D eigenvalue weighted by atomic mass is 32.2. The fourth-order valence-corrected chi connectivity index (χ4v) is 3.88. The third-order valence-electron chi connectivity index (χ3n) is 4.05. The van der Waals surface area contributed by atoms with Crippen molar-refractivity contribution in [3.63, 3.8) is 0 Å². The zero-order chi connectivity index (χ0) is 12.5. The summed E-state index contributed by atoms with van der Waals surface area (Å²) in [6.45, 7) is 9.16. The number of anilines is 1. The molecule has 0 radical (unpaired) electrons. The van der Waals surface area contributed by atoms with Gasteiger partial charge in [-0.1, -0.05) is 26.0 Å². The molecule has 0 bridgehead atoms. The Labute approximate surface area is 109 Å². The van der Waals surface area contributed by atoms with Gasteiger partial charge in [0.15, 0.2) is 0 Å². The van der Waals surface area contributed by atoms with E-state index in [9.17, 15) is 0 Å². The lowest BCUT2D eigenvalue weighted by Gasteiger charge is -2.39. The molecule has 2 rings (SSSR count). The van der Waals surface area contributed by atoms with Gasteiger partial charge >= 0.3 is 0 Å². The quantitative estimate of drug-likeness (QED) is 0.841. The minimum Gasteiger partial charge on any atom is -0.381 e. The summed E-state index contributed by atoms with van der Waals surface area (Å²) in [6, 6.07) is 7.12. The summed E-state index contributed by atoms with van der Waals surface area (Å²) in [6.07, 6.45) is 1.31. The molecule has 94 valence electrons. The van der Waals surface area contributed by atoms with E-state index < -0.39 is 0 Å². The Balaban J connectivity index is 2.17. The van der Waals surface area contributed by atoms with Crippen molar-refractivity contribution in [2.45, 2.75) is 40.2 Å². The largest absolute Gasteiger partial charge is 0.381 e. The van der Waals surface area contributed by atoms with Crippen LogP contribution in [0, 0.1) is 19.3 Å². The first-order chi connectivity index (χ1) is 8.00. The van der Waals surface area contributed by atoms with Crippen LogP contribution in [0.4, 0.5) is 5.69 Å². The highest BCUT2D eigenvalue weighted by molar-refractivity contribution is 7.99. The lowest BCUT2D eigenvalue weighted by molar-refractivity contribution is 0.305. The fourth-order valence-electron chi connectivity index (χ4n) is 2.27. The van der Waals surface area contributed by atoms with Gasteiger partial charge in [0, 0.05) is 17.5 Å². The van der Waals surface area contributed by atoms with Crippen molar-refractivity contribution in [2.24, 2.45) is 5.41 Å². The molecule has 17 heavy (non-hydrogen) atoms. The molecule has 1 aliphatic heterocycles. The van der Waals surface area contributed by atoms with Crippen molar-refractivity contribution in [1.29, 1.82) is 0 Å². The molecule has 0 saturated carbocycles. The molecular formula is C15H23NS. The maximum atomic E-state index is 3.76. The number of aryl methyl sites for hydroxylation is 1. The predicted octanol–water partition coefficient (Wildman–Crippen LogP) is 4.25. The van der Waals surface area contributed by atoms with Crippen LogP contribution in [0.5, 0.6) is 0 Å². The molecule has 2 heteroatoms. The summed E-state index contributed by atoms with van der Waals surface area (Å²) < 4.78 is 0. The van der Waals surface area contributed by atoms with Crippen molar-refractivity contribution in [2.75, 3.05) is 16.8 Å². The molecule has 1 atom stereocenters. The maximum Gasteiger partial charge on any atom is 0.0403 e. The third-order valence-corrected chi connectivity index (χ3v) is 5.11. The molecule has 1 nitrogen and oxygen atoms in total. The summed E-state index contributed by atoms with van der Waals surface area (Å²) in [5.74, 6) is 2.53. The zero-order valence-electron chi connectivity index (χ0n) is 11.3. The van der Waals surface area contributed by atoms with Gasteiger partial charge in [0.05, 0.1) is 0 Å². The van der Waals surface area contributed by atoms with Crippen LogP contribution in [0.1, 0.15) is 31.4 Å². The summed E-state index contributed by atoms with van der Waals surface area (Å²) in [4.78, 5) is 0. The average Bonchev–Trinajstić information content (AvgIpc) is 2.27. The normalized spacial score (nSPS) is 23.4. The Hall–Kier alpha value is -0.630. The number of benzene rings is 1. The van der Waals surface area contributed by atoms with Gasteiger partial charge in [-0.15, -0.1) is 0 Å². The van der Waals surface area contributed by atoms with E-state index in [0.717, 1.165) is 0 Å². The summed E-state index contributed by atoms with van der Waals surface area (Å²) in [5.41, 5.74) is 4.47. The van der Waals surface area contributed by atoms with E-state index in [2.05, 4.69) is 63.0 Å². The molecule has 0 aromatic heterocycles. The number of thioether (sulfide) groups is 1. The smallest absolute Gasteiger partial charge is 0.0403 e. The number of rotatable bonds is 2. The molecule has 0 aliphatic carbocycles. The molecule has 1 aromatic carbocycles. The summed E-state index contributed by atoms with van der Waals surface area (Å²) >= 11 is 2.07. The second-order valence-electron chi connectivity index (χ2n) is 5.76. The molecular weight excluding hydrogens is 226 g/mol. The topological polar surface area (TPSA) is 12.0 Å². The van der Waals surface area contributed by atoms with Crippen LogP contribution < -0.4 is 5.32 Å². The van der Waals surface area contributed by atoms with E-state index in [0.29, 0.717) is 11.5 Å². The van der Waals surface area contributed by atoms with Crippen LogP contribution in [0.2, 0.25) is 0 Å². The Morgan fingerprint density at radius 2 is 2.06 bits per heavy atom. The van der Waals surface area contributed by atoms with Crippen molar-refractivity contribution in [3.05, 3.63) is 29.3 Å². The van der Waals surface area contributed by atoms with Crippen molar-refractivity contribution in [1.82, 2.24) is 0 Å². The molecule has 1 aromatic rings. The van der Waals surface area contributed by atoms with Crippen LogP contribution in [-0.2, 0) is 0 Å². The summed E-state index contributed by atoms with van der Waals surface area (Å²) in [5, 5.41) is 3.76. The minimum atomic E-state index is 0.404. The van der Waals surface area contributed by atoms with E-state index in [1.54, 1.807) is 0 Å². The van der Waals surface area contributed by atoms with E-state index >= 15 is 0 Å². The van der Waals surface area contributed by atoms with Crippen molar-refractivity contribution in [3.8, 4) is 0 Å². The van der Waals surface area contributed by atoms with Crippen molar-refractivity contribution >= 4 is 17.4 Å². The van der Waals surface area contributed by atoms with Gasteiger partial charge in [-0.3, -0.25) is 0 Å². The third kappa shape index (κ3) is 2.79. The average molecular weight is 249 g/mol. The number of hydrogen-bond acceptors (Lipinski definition) is 2. The minimum absolute atomic E-state index is 0.404. The van der Waals surface area contributed by atoms with Crippen LogP contribution >= 0.6 is 11.8 Å². The highest BCUT2D eigenvalue weighted by Gasteiger charge is 2.32. The molecule has 1 fully saturated rings. The number of hydrogen-bond donors (Lipinski definition) is 1. The zero-order valence-corrected chi connectivity index (χ0v) is 12.2. The molecule has 1 saturated heterocycles. The lowest BCUT2D eigenvalue weighted by Crippen LogP contribution is -2.41. The number of nitrogens with one attached hydrogen (secondary N) is 1. The van der Waals surface area contributed by atoms with Gasteiger partial charge in [-0.2, -0.15) is 11.8 Å². The van der Waals surface area contributed by atoms with Gasteiger partial charge in [0.1, 0.15) is 0 Å². The molecule has 0 amide bonds. The Morgan fingerprint density at radius 3 is 2.76 bits per heavy atom. The molecule has 1 aliphatic rings. The Bertz CT molecular complexity index is 398. The standard InChI is InChI=1S/C15H23NS/c1-11-6-5-7-13(12(11)2)16-14-10-17-9-8-15(14,3)4/h5-7,14,16H,8-10H2,1-4H3. The van der Waals surface area contributed by atoms with E-state index in [4.69, 9.17) is 0 Å². The summed E-state index contributed by atoms with van der Waals surface area (Å²) in [7, 11) is 0. The second kappa shape index (κ2) is 4.93. The first-order valence-corrected chi connectivity index (χ1v) is 7.57. The predicted molar refractivity (Wildman–Crippen MR) is 79.0 cm³/mol. The van der Waals surface area contributed by atoms with E-state index in [1.807, 2.05) is 0 Å². The van der Waals surface area contributed by atoms with Gasteiger partial charge < -0.3 is 5.32 Å². The molecule has 1 unspecified atom stereocenters. The van der Waals surface area contributed by atoms with Gasteiger partial charge in [0.25, 0.3) is 0 Å². The van der Waals surface area contributed by atoms with Gasteiger partial charge in [0.2, 0.25) is 0 Å². The molecule has 1 heterocycles. The lowest BCUT2D eigenvalue weighted by atomic mass is 9.82. The first kappa shape index (κ1) is 12.8. The van der Waals surface area contributed by atoms with Crippen LogP contribution in [0.15, 0.2) is 18.2 Å². The van der Waals surface area contributed by atoms with Gasteiger partial charge in [-0.05, 0) is 48.6 Å². The van der Waals surface area contributed by atoms with Crippen molar-refractivity contribution < 1.29 is 0 Å². The molecule has 0 spiro atoms. The fraction of sp³-hybridized carbons (Fsp3) is 0.600. The van der Waals surface area contributed by atoms with E-state index in [1.165, 1.54) is 34.7 Å². The monoisotopic (exact) mass is 249 g/mol. The van der Waals surface area contributed by atoms with Crippen LogP contribution in [0.25, 0.3) is 0 Å². The SMILES string of the molecule is Cc1cccc(NC2CSCCC2(C)C)c1C. The van der Waals surface area contributed by atoms with E-state index in [-0.39, 0.29) is 0 Å². The maximum absolute atomic E-state index is 3.76. The second-order valence-corrected chi connectivity index (χ2v) is 6.91. The molecule has 1 N–H and O–H groups in total. The van der Waals surface area contributed by atoms with Gasteiger partial charge in [-0.25, -0.2) is 0 Å². The highest BCUT2D eigenvalue weighted by Crippen LogP contribution is 2.36. The first-order valence-electron chi connectivity index (χ1n) is 6.41. The Kier molecular flexibility index (Phi) is 3.72.